The monoisotopic (exact) mass is 503 g/mol. The SMILES string of the molecule is CO/N=C1/C=C2[C@@H](C)C[C@@H]3[C@H](CC[C@@]4(C)[C@H]3CC[C@]4(OC(C)=O)C(=O)CO[Si](C)(C)C)[C@@]2(C)CC1. The fourth-order valence-electron chi connectivity index (χ4n) is 8.51. The number of carbonyl (C=O) groups is 2. The lowest BCUT2D eigenvalue weighted by Gasteiger charge is -2.60. The van der Waals surface area contributed by atoms with Crippen LogP contribution in [0.3, 0.4) is 0 Å². The van der Waals surface area contributed by atoms with Crippen molar-refractivity contribution >= 4 is 25.8 Å². The molecule has 4 aliphatic rings. The summed E-state index contributed by atoms with van der Waals surface area (Å²) < 4.78 is 12.1. The molecule has 0 aliphatic heterocycles. The summed E-state index contributed by atoms with van der Waals surface area (Å²) in [6.07, 6.45) is 8.95. The molecular weight excluding hydrogens is 458 g/mol. The molecule has 35 heavy (non-hydrogen) atoms. The standard InChI is InChI=1S/C28H45NO5Si/c1-18-15-21-22(26(3)12-9-20(29-32-5)16-24(18)26)10-13-27(4)23(21)11-14-28(27,34-19(2)30)25(31)17-33-35(6,7)8/h16,18,21-23H,9-15,17H2,1-8H3/b29-20+/t18-,21+,22-,23-,26+,27-,28-/m0/s1. The van der Waals surface area contributed by atoms with Crippen LogP contribution in [0.4, 0.5) is 0 Å². The van der Waals surface area contributed by atoms with Gasteiger partial charge in [-0.25, -0.2) is 0 Å². The molecule has 196 valence electrons. The van der Waals surface area contributed by atoms with Crippen molar-refractivity contribution in [3.05, 3.63) is 11.6 Å². The number of fused-ring (bicyclic) bond motifs is 5. The first-order valence-electron chi connectivity index (χ1n) is 13.5. The highest BCUT2D eigenvalue weighted by molar-refractivity contribution is 6.69. The van der Waals surface area contributed by atoms with Gasteiger partial charge in [0.2, 0.25) is 5.78 Å². The second-order valence-electron chi connectivity index (χ2n) is 13.0. The van der Waals surface area contributed by atoms with E-state index in [9.17, 15) is 9.59 Å². The smallest absolute Gasteiger partial charge is 0.303 e. The number of rotatable bonds is 6. The van der Waals surface area contributed by atoms with Crippen LogP contribution in [0.5, 0.6) is 0 Å². The van der Waals surface area contributed by atoms with Gasteiger partial charge in [-0.3, -0.25) is 9.59 Å². The Kier molecular flexibility index (Phi) is 6.93. The minimum atomic E-state index is -1.88. The second kappa shape index (κ2) is 9.12. The fraction of sp³-hybridized carbons (Fsp3) is 0.821. The number of hydrogen-bond acceptors (Lipinski definition) is 6. The molecule has 0 unspecified atom stereocenters. The Bertz CT molecular complexity index is 938. The van der Waals surface area contributed by atoms with Gasteiger partial charge in [0.05, 0.1) is 12.3 Å². The summed E-state index contributed by atoms with van der Waals surface area (Å²) in [5.74, 6) is 1.53. The zero-order chi connectivity index (χ0) is 25.8. The van der Waals surface area contributed by atoms with Crippen LogP contribution in [0.1, 0.15) is 72.6 Å². The molecule has 3 fully saturated rings. The van der Waals surface area contributed by atoms with Crippen LogP contribution >= 0.6 is 0 Å². The van der Waals surface area contributed by atoms with Crippen LogP contribution in [-0.4, -0.2) is 45.1 Å². The van der Waals surface area contributed by atoms with Gasteiger partial charge < -0.3 is 14.0 Å². The van der Waals surface area contributed by atoms with Gasteiger partial charge >= 0.3 is 5.97 Å². The third-order valence-electron chi connectivity index (χ3n) is 10.0. The molecule has 0 N–H and O–H groups in total. The number of ketones is 1. The zero-order valence-electron chi connectivity index (χ0n) is 23.0. The molecular formula is C28H45NO5Si. The Morgan fingerprint density at radius 3 is 2.43 bits per heavy atom. The number of nitrogens with zero attached hydrogens (tertiary/aromatic N) is 1. The van der Waals surface area contributed by atoms with E-state index in [4.69, 9.17) is 14.0 Å². The number of carbonyl (C=O) groups excluding carboxylic acids is 2. The maximum Gasteiger partial charge on any atom is 0.303 e. The van der Waals surface area contributed by atoms with Gasteiger partial charge in [0, 0.05) is 12.3 Å². The molecule has 0 spiro atoms. The Morgan fingerprint density at radius 1 is 1.11 bits per heavy atom. The number of Topliss-reactive ketones (excluding diaryl/α,β-unsaturated/α-hetero) is 1. The molecule has 4 aliphatic carbocycles. The van der Waals surface area contributed by atoms with E-state index < -0.39 is 13.9 Å². The van der Waals surface area contributed by atoms with Crippen LogP contribution in [0.25, 0.3) is 0 Å². The third-order valence-corrected chi connectivity index (χ3v) is 11.0. The molecule has 6 nitrogen and oxygen atoms in total. The molecule has 0 amide bonds. The molecule has 0 heterocycles. The van der Waals surface area contributed by atoms with Crippen LogP contribution in [-0.2, 0) is 23.6 Å². The molecule has 4 rings (SSSR count). The van der Waals surface area contributed by atoms with E-state index in [1.807, 2.05) is 0 Å². The predicted molar refractivity (Wildman–Crippen MR) is 139 cm³/mol. The number of oxime groups is 1. The predicted octanol–water partition coefficient (Wildman–Crippen LogP) is 5.92. The van der Waals surface area contributed by atoms with Gasteiger partial charge in [0.1, 0.15) is 7.11 Å². The average molecular weight is 504 g/mol. The van der Waals surface area contributed by atoms with E-state index in [2.05, 4.69) is 51.6 Å². The third kappa shape index (κ3) is 4.34. The highest BCUT2D eigenvalue weighted by Gasteiger charge is 2.68. The second-order valence-corrected chi connectivity index (χ2v) is 17.5. The van der Waals surface area contributed by atoms with Crippen molar-refractivity contribution in [2.24, 2.45) is 39.7 Å². The highest BCUT2D eigenvalue weighted by atomic mass is 28.4. The lowest BCUT2D eigenvalue weighted by atomic mass is 9.44. The molecule has 0 aromatic carbocycles. The van der Waals surface area contributed by atoms with Crippen molar-refractivity contribution in [1.29, 1.82) is 0 Å². The summed E-state index contributed by atoms with van der Waals surface area (Å²) in [5, 5.41) is 4.25. The quantitative estimate of drug-likeness (QED) is 0.255. The first-order valence-corrected chi connectivity index (χ1v) is 16.9. The number of esters is 1. The average Bonchev–Trinajstić information content (AvgIpc) is 3.05. The molecule has 7 atom stereocenters. The lowest BCUT2D eigenvalue weighted by molar-refractivity contribution is -0.189. The Morgan fingerprint density at radius 2 is 1.80 bits per heavy atom. The maximum atomic E-state index is 13.8. The summed E-state index contributed by atoms with van der Waals surface area (Å²) >= 11 is 0. The summed E-state index contributed by atoms with van der Waals surface area (Å²) in [7, 11) is -0.258. The molecule has 0 bridgehead atoms. The van der Waals surface area contributed by atoms with Crippen molar-refractivity contribution < 1.29 is 23.6 Å². The van der Waals surface area contributed by atoms with Crippen LogP contribution in [0, 0.1) is 34.5 Å². The van der Waals surface area contributed by atoms with Crippen molar-refractivity contribution in [3.8, 4) is 0 Å². The number of hydrogen-bond donors (Lipinski definition) is 0. The van der Waals surface area contributed by atoms with Gasteiger partial charge in [0.25, 0.3) is 0 Å². The Labute approximate surface area is 212 Å². The van der Waals surface area contributed by atoms with E-state index in [1.54, 1.807) is 7.11 Å². The van der Waals surface area contributed by atoms with Crippen LogP contribution < -0.4 is 0 Å². The van der Waals surface area contributed by atoms with Crippen LogP contribution in [0.15, 0.2) is 16.8 Å². The summed E-state index contributed by atoms with van der Waals surface area (Å²) in [5.41, 5.74) is 1.30. The fourth-order valence-corrected chi connectivity index (χ4v) is 9.07. The minimum absolute atomic E-state index is 0.0349. The van der Waals surface area contributed by atoms with Crippen molar-refractivity contribution in [2.75, 3.05) is 13.7 Å². The van der Waals surface area contributed by atoms with Gasteiger partial charge in [-0.05, 0) is 99.7 Å². The normalized spacial score (nSPS) is 41.9. The van der Waals surface area contributed by atoms with Crippen molar-refractivity contribution in [2.45, 2.75) is 97.9 Å². The van der Waals surface area contributed by atoms with E-state index in [-0.39, 0.29) is 29.2 Å². The lowest BCUT2D eigenvalue weighted by Crippen LogP contribution is -2.60. The van der Waals surface area contributed by atoms with Gasteiger partial charge in [-0.15, -0.1) is 0 Å². The first-order chi connectivity index (χ1) is 16.3. The van der Waals surface area contributed by atoms with E-state index in [1.165, 1.54) is 12.5 Å². The topological polar surface area (TPSA) is 74.2 Å². The highest BCUT2D eigenvalue weighted by Crippen LogP contribution is 2.69. The maximum absolute atomic E-state index is 13.8. The molecule has 7 heteroatoms. The summed E-state index contributed by atoms with van der Waals surface area (Å²) in [4.78, 5) is 31.2. The van der Waals surface area contributed by atoms with Crippen LogP contribution in [0.2, 0.25) is 19.6 Å². The van der Waals surface area contributed by atoms with E-state index in [0.29, 0.717) is 30.1 Å². The first kappa shape index (κ1) is 26.6. The largest absolute Gasteiger partial charge is 0.451 e. The van der Waals surface area contributed by atoms with Gasteiger partial charge in [-0.2, -0.15) is 0 Å². The van der Waals surface area contributed by atoms with Crippen molar-refractivity contribution in [3.63, 3.8) is 0 Å². The Balaban J connectivity index is 1.67. The Hall–Kier alpha value is -1.47. The van der Waals surface area contributed by atoms with Gasteiger partial charge in [0.15, 0.2) is 13.9 Å². The summed E-state index contributed by atoms with van der Waals surface area (Å²) in [6.45, 7) is 14.8. The molecule has 0 radical (unpaired) electrons. The zero-order valence-corrected chi connectivity index (χ0v) is 24.0. The summed E-state index contributed by atoms with van der Waals surface area (Å²) in [6, 6.07) is 0. The van der Waals surface area contributed by atoms with E-state index in [0.717, 1.165) is 44.2 Å². The van der Waals surface area contributed by atoms with E-state index >= 15 is 0 Å². The minimum Gasteiger partial charge on any atom is -0.451 e. The number of ether oxygens (including phenoxy) is 1. The molecule has 0 saturated heterocycles. The molecule has 3 saturated carbocycles. The number of allylic oxidation sites excluding steroid dienone is 2. The van der Waals surface area contributed by atoms with Gasteiger partial charge in [-0.1, -0.05) is 31.5 Å². The molecule has 0 aromatic heterocycles. The van der Waals surface area contributed by atoms with Crippen molar-refractivity contribution in [1.82, 2.24) is 0 Å². The molecule has 0 aromatic rings.